The first-order chi connectivity index (χ1) is 9.58. The normalized spacial score (nSPS) is 12.4. The summed E-state index contributed by atoms with van der Waals surface area (Å²) in [5, 5.41) is 0.532. The van der Waals surface area contributed by atoms with Crippen LogP contribution in [0.15, 0.2) is 42.5 Å². The maximum Gasteiger partial charge on any atom is 0.123 e. The van der Waals surface area contributed by atoms with Crippen LogP contribution in [-0.2, 0) is 12.8 Å². The Morgan fingerprint density at radius 2 is 1.75 bits per heavy atom. The Bertz CT molecular complexity index is 586. The van der Waals surface area contributed by atoms with E-state index in [4.69, 9.17) is 17.3 Å². The summed E-state index contributed by atoms with van der Waals surface area (Å²) >= 11 is 6.06. The first-order valence-electron chi connectivity index (χ1n) is 6.47. The SMILES string of the molecule is NCC(Cc1cccc(F)c1)Cc1cc(F)ccc1Cl. The molecule has 1 unspecified atom stereocenters. The summed E-state index contributed by atoms with van der Waals surface area (Å²) in [5.41, 5.74) is 7.38. The molecule has 0 aliphatic heterocycles. The molecule has 0 aliphatic rings. The monoisotopic (exact) mass is 295 g/mol. The van der Waals surface area contributed by atoms with Crippen LogP contribution in [-0.4, -0.2) is 6.54 Å². The summed E-state index contributed by atoms with van der Waals surface area (Å²) in [7, 11) is 0. The van der Waals surface area contributed by atoms with Crippen LogP contribution in [0, 0.1) is 17.6 Å². The van der Waals surface area contributed by atoms with Gasteiger partial charge in [0.05, 0.1) is 0 Å². The van der Waals surface area contributed by atoms with Crippen molar-refractivity contribution in [3.8, 4) is 0 Å². The van der Waals surface area contributed by atoms with Crippen molar-refractivity contribution in [2.45, 2.75) is 12.8 Å². The maximum atomic E-state index is 13.2. The molecule has 20 heavy (non-hydrogen) atoms. The predicted octanol–water partition coefficient (Wildman–Crippen LogP) is 3.98. The number of halogens is 3. The first-order valence-corrected chi connectivity index (χ1v) is 6.84. The van der Waals surface area contributed by atoms with E-state index in [9.17, 15) is 8.78 Å². The van der Waals surface area contributed by atoms with Crippen LogP contribution in [0.1, 0.15) is 11.1 Å². The fourth-order valence-corrected chi connectivity index (χ4v) is 2.44. The van der Waals surface area contributed by atoms with Gasteiger partial charge in [-0.15, -0.1) is 0 Å². The molecule has 0 heterocycles. The lowest BCUT2D eigenvalue weighted by molar-refractivity contribution is 0.527. The molecule has 0 aliphatic carbocycles. The summed E-state index contributed by atoms with van der Waals surface area (Å²) in [4.78, 5) is 0. The summed E-state index contributed by atoms with van der Waals surface area (Å²) in [6.45, 7) is 0.434. The van der Waals surface area contributed by atoms with Crippen molar-refractivity contribution in [3.63, 3.8) is 0 Å². The van der Waals surface area contributed by atoms with Gasteiger partial charge in [0, 0.05) is 5.02 Å². The Kier molecular flexibility index (Phi) is 5.10. The highest BCUT2D eigenvalue weighted by Crippen LogP contribution is 2.22. The molecule has 0 saturated heterocycles. The van der Waals surface area contributed by atoms with E-state index in [0.717, 1.165) is 11.1 Å². The van der Waals surface area contributed by atoms with Gasteiger partial charge in [-0.1, -0.05) is 23.7 Å². The molecule has 1 nitrogen and oxygen atoms in total. The van der Waals surface area contributed by atoms with Crippen LogP contribution in [0.5, 0.6) is 0 Å². The Labute approximate surface area is 122 Å². The summed E-state index contributed by atoms with van der Waals surface area (Å²) in [6.07, 6.45) is 1.21. The fraction of sp³-hybridized carbons (Fsp3) is 0.250. The minimum absolute atomic E-state index is 0.0936. The third-order valence-corrected chi connectivity index (χ3v) is 3.63. The predicted molar refractivity (Wildman–Crippen MR) is 77.8 cm³/mol. The van der Waals surface area contributed by atoms with Gasteiger partial charge in [-0.25, -0.2) is 8.78 Å². The average Bonchev–Trinajstić information content (AvgIpc) is 2.42. The molecule has 0 amide bonds. The molecule has 2 N–H and O–H groups in total. The van der Waals surface area contributed by atoms with E-state index in [1.54, 1.807) is 12.1 Å². The summed E-state index contributed by atoms with van der Waals surface area (Å²) in [6, 6.07) is 10.7. The fourth-order valence-electron chi connectivity index (χ4n) is 2.25. The highest BCUT2D eigenvalue weighted by Gasteiger charge is 2.12. The topological polar surface area (TPSA) is 26.0 Å². The minimum atomic E-state index is -0.314. The van der Waals surface area contributed by atoms with E-state index >= 15 is 0 Å². The first kappa shape index (κ1) is 14.9. The molecule has 0 spiro atoms. The van der Waals surface area contributed by atoms with Gasteiger partial charge in [-0.05, 0) is 66.8 Å². The molecule has 0 saturated carbocycles. The van der Waals surface area contributed by atoms with Gasteiger partial charge in [-0.2, -0.15) is 0 Å². The molecule has 4 heteroatoms. The molecule has 0 aromatic heterocycles. The van der Waals surface area contributed by atoms with Crippen molar-refractivity contribution in [1.29, 1.82) is 0 Å². The zero-order chi connectivity index (χ0) is 14.5. The standard InChI is InChI=1S/C16H16ClF2N/c17-16-5-4-15(19)9-13(16)7-12(10-20)6-11-2-1-3-14(18)8-11/h1-5,8-9,12H,6-7,10,20H2. The number of rotatable bonds is 5. The van der Waals surface area contributed by atoms with Gasteiger partial charge >= 0.3 is 0 Å². The van der Waals surface area contributed by atoms with Crippen molar-refractivity contribution in [1.82, 2.24) is 0 Å². The molecular formula is C16H16ClF2N. The van der Waals surface area contributed by atoms with Crippen LogP contribution in [0.25, 0.3) is 0 Å². The van der Waals surface area contributed by atoms with E-state index < -0.39 is 0 Å². The van der Waals surface area contributed by atoms with Crippen molar-refractivity contribution in [2.75, 3.05) is 6.54 Å². The van der Waals surface area contributed by atoms with E-state index in [1.165, 1.54) is 24.3 Å². The van der Waals surface area contributed by atoms with Crippen LogP contribution < -0.4 is 5.73 Å². The second-order valence-corrected chi connectivity index (χ2v) is 5.28. The molecule has 2 aromatic rings. The summed E-state index contributed by atoms with van der Waals surface area (Å²) in [5.74, 6) is -0.482. The lowest BCUT2D eigenvalue weighted by Gasteiger charge is -2.16. The molecule has 0 radical (unpaired) electrons. The molecule has 1 atom stereocenters. The molecule has 0 bridgehead atoms. The molecule has 2 aromatic carbocycles. The Morgan fingerprint density at radius 1 is 1.00 bits per heavy atom. The third-order valence-electron chi connectivity index (χ3n) is 3.26. The Morgan fingerprint density at radius 3 is 2.45 bits per heavy atom. The minimum Gasteiger partial charge on any atom is -0.330 e. The van der Waals surface area contributed by atoms with Crippen molar-refractivity contribution in [3.05, 3.63) is 70.2 Å². The quantitative estimate of drug-likeness (QED) is 0.887. The number of benzene rings is 2. The van der Waals surface area contributed by atoms with Gasteiger partial charge in [0.1, 0.15) is 11.6 Å². The second-order valence-electron chi connectivity index (χ2n) is 4.88. The smallest absolute Gasteiger partial charge is 0.123 e. The number of hydrogen-bond acceptors (Lipinski definition) is 1. The highest BCUT2D eigenvalue weighted by molar-refractivity contribution is 6.31. The van der Waals surface area contributed by atoms with E-state index in [0.29, 0.717) is 24.4 Å². The van der Waals surface area contributed by atoms with E-state index in [1.807, 2.05) is 6.07 Å². The molecule has 0 fully saturated rings. The van der Waals surface area contributed by atoms with Crippen LogP contribution >= 0.6 is 11.6 Å². The van der Waals surface area contributed by atoms with Crippen LogP contribution in [0.4, 0.5) is 8.78 Å². The number of hydrogen-bond donors (Lipinski definition) is 1. The van der Waals surface area contributed by atoms with Gasteiger partial charge in [0.25, 0.3) is 0 Å². The third kappa shape index (κ3) is 4.02. The van der Waals surface area contributed by atoms with Gasteiger partial charge in [0.2, 0.25) is 0 Å². The molecular weight excluding hydrogens is 280 g/mol. The average molecular weight is 296 g/mol. The van der Waals surface area contributed by atoms with Crippen molar-refractivity contribution < 1.29 is 8.78 Å². The molecule has 2 rings (SSSR count). The van der Waals surface area contributed by atoms with Gasteiger partial charge < -0.3 is 5.73 Å². The zero-order valence-corrected chi connectivity index (χ0v) is 11.7. The Hall–Kier alpha value is -1.45. The lowest BCUT2D eigenvalue weighted by Crippen LogP contribution is -2.19. The summed E-state index contributed by atoms with van der Waals surface area (Å²) < 4.78 is 26.4. The van der Waals surface area contributed by atoms with Gasteiger partial charge in [0.15, 0.2) is 0 Å². The van der Waals surface area contributed by atoms with E-state index in [2.05, 4.69) is 0 Å². The van der Waals surface area contributed by atoms with Crippen molar-refractivity contribution >= 4 is 11.6 Å². The number of nitrogens with two attached hydrogens (primary N) is 1. The Balaban J connectivity index is 2.11. The zero-order valence-electron chi connectivity index (χ0n) is 11.0. The van der Waals surface area contributed by atoms with Gasteiger partial charge in [-0.3, -0.25) is 0 Å². The van der Waals surface area contributed by atoms with Crippen LogP contribution in [0.3, 0.4) is 0 Å². The van der Waals surface area contributed by atoms with Crippen molar-refractivity contribution in [2.24, 2.45) is 11.7 Å². The second kappa shape index (κ2) is 6.82. The largest absolute Gasteiger partial charge is 0.330 e. The highest BCUT2D eigenvalue weighted by atomic mass is 35.5. The molecule has 106 valence electrons. The van der Waals surface area contributed by atoms with E-state index in [-0.39, 0.29) is 17.6 Å². The maximum absolute atomic E-state index is 13.2. The van der Waals surface area contributed by atoms with Crippen LogP contribution in [0.2, 0.25) is 5.02 Å². The lowest BCUT2D eigenvalue weighted by atomic mass is 9.92.